The molecule has 0 bridgehead atoms. The van der Waals surface area contributed by atoms with Crippen molar-refractivity contribution in [2.75, 3.05) is 0 Å². The molecule has 25 heavy (non-hydrogen) atoms. The number of nitrogens with one attached hydrogen (secondary N) is 1. The summed E-state index contributed by atoms with van der Waals surface area (Å²) in [7, 11) is 0. The summed E-state index contributed by atoms with van der Waals surface area (Å²) in [5.74, 6) is 0.896. The Bertz CT molecular complexity index is 896. The highest BCUT2D eigenvalue weighted by Crippen LogP contribution is 2.34. The highest BCUT2D eigenvalue weighted by atomic mass is 16.5. The van der Waals surface area contributed by atoms with Crippen molar-refractivity contribution >= 4 is 16.9 Å². The van der Waals surface area contributed by atoms with Crippen molar-refractivity contribution < 1.29 is 19.4 Å². The third kappa shape index (κ3) is 3.76. The number of ether oxygens (including phenoxy) is 2. The Balaban J connectivity index is 2.03. The van der Waals surface area contributed by atoms with Crippen LogP contribution in [0, 0.1) is 6.92 Å². The van der Waals surface area contributed by atoms with E-state index < -0.39 is 5.97 Å². The lowest BCUT2D eigenvalue weighted by atomic mass is 10.2. The molecule has 130 valence electrons. The molecule has 1 heterocycles. The molecule has 0 aliphatic heterocycles. The first-order valence-corrected chi connectivity index (χ1v) is 8.27. The van der Waals surface area contributed by atoms with Crippen LogP contribution in [0.1, 0.15) is 36.3 Å². The van der Waals surface area contributed by atoms with Crippen molar-refractivity contribution in [2.45, 2.75) is 33.3 Å². The van der Waals surface area contributed by atoms with Gasteiger partial charge in [0.25, 0.3) is 0 Å². The molecular weight excluding hydrogens is 318 g/mol. The van der Waals surface area contributed by atoms with Crippen LogP contribution in [0.15, 0.2) is 42.5 Å². The first-order valence-electron chi connectivity index (χ1n) is 8.27. The number of aromatic carboxylic acids is 1. The molecule has 0 amide bonds. The van der Waals surface area contributed by atoms with Crippen molar-refractivity contribution in [1.29, 1.82) is 0 Å². The van der Waals surface area contributed by atoms with Gasteiger partial charge in [-0.15, -0.1) is 0 Å². The molecule has 3 rings (SSSR count). The van der Waals surface area contributed by atoms with Crippen LogP contribution in [0.25, 0.3) is 10.9 Å². The number of rotatable bonds is 6. The van der Waals surface area contributed by atoms with E-state index >= 15 is 0 Å². The van der Waals surface area contributed by atoms with Gasteiger partial charge in [0.2, 0.25) is 0 Å². The van der Waals surface area contributed by atoms with E-state index in [1.165, 1.54) is 0 Å². The second-order valence-electron chi connectivity index (χ2n) is 6.13. The molecule has 2 aromatic carbocycles. The summed E-state index contributed by atoms with van der Waals surface area (Å²) >= 11 is 0. The number of carboxylic acid groups (broad SMARTS) is 1. The largest absolute Gasteiger partial charge is 0.488 e. The number of fused-ring (bicyclic) bond motifs is 1. The average molecular weight is 339 g/mol. The van der Waals surface area contributed by atoms with Crippen LogP contribution in [-0.4, -0.2) is 22.2 Å². The Morgan fingerprint density at radius 3 is 2.52 bits per heavy atom. The zero-order valence-corrected chi connectivity index (χ0v) is 14.5. The molecule has 3 aromatic rings. The topological polar surface area (TPSA) is 71.6 Å². The molecule has 0 fully saturated rings. The van der Waals surface area contributed by atoms with Crippen molar-refractivity contribution in [3.05, 3.63) is 53.7 Å². The van der Waals surface area contributed by atoms with Crippen LogP contribution in [0.2, 0.25) is 0 Å². The summed E-state index contributed by atoms with van der Waals surface area (Å²) in [4.78, 5) is 14.2. The van der Waals surface area contributed by atoms with Gasteiger partial charge in [-0.1, -0.05) is 24.6 Å². The number of hydrogen-bond donors (Lipinski definition) is 2. The van der Waals surface area contributed by atoms with Gasteiger partial charge in [-0.25, -0.2) is 4.79 Å². The molecule has 0 radical (unpaired) electrons. The molecule has 0 aliphatic carbocycles. The number of carboxylic acids is 1. The predicted molar refractivity (Wildman–Crippen MR) is 96.9 cm³/mol. The van der Waals surface area contributed by atoms with Gasteiger partial charge in [0.05, 0.1) is 11.6 Å². The number of aromatic nitrogens is 1. The lowest BCUT2D eigenvalue weighted by Gasteiger charge is -2.15. The minimum absolute atomic E-state index is 0.00871. The number of hydrogen-bond acceptors (Lipinski definition) is 3. The molecule has 5 heteroatoms. The normalized spacial score (nSPS) is 12.1. The van der Waals surface area contributed by atoms with E-state index in [0.29, 0.717) is 22.8 Å². The van der Waals surface area contributed by atoms with Crippen LogP contribution < -0.4 is 9.47 Å². The van der Waals surface area contributed by atoms with Crippen LogP contribution in [0.5, 0.6) is 17.2 Å². The highest BCUT2D eigenvalue weighted by molar-refractivity contribution is 5.96. The Labute approximate surface area is 146 Å². The fourth-order valence-electron chi connectivity index (χ4n) is 2.49. The number of carbonyl (C=O) groups is 1. The Morgan fingerprint density at radius 2 is 1.88 bits per heavy atom. The van der Waals surface area contributed by atoms with E-state index in [4.69, 9.17) is 9.47 Å². The minimum Gasteiger partial charge on any atom is -0.488 e. The van der Waals surface area contributed by atoms with E-state index in [9.17, 15) is 9.90 Å². The molecule has 0 aliphatic rings. The zero-order chi connectivity index (χ0) is 18.0. The maximum atomic E-state index is 11.3. The smallest absolute Gasteiger partial charge is 0.352 e. The van der Waals surface area contributed by atoms with Gasteiger partial charge in [-0.05, 0) is 44.5 Å². The number of benzene rings is 2. The molecular formula is C20H21NO4. The molecule has 1 atom stereocenters. The van der Waals surface area contributed by atoms with Gasteiger partial charge in [-0.3, -0.25) is 0 Å². The molecule has 0 saturated heterocycles. The molecule has 0 spiro atoms. The third-order valence-electron chi connectivity index (χ3n) is 4.06. The zero-order valence-electron chi connectivity index (χ0n) is 14.5. The van der Waals surface area contributed by atoms with E-state index in [-0.39, 0.29) is 11.8 Å². The maximum Gasteiger partial charge on any atom is 0.352 e. The Hall–Kier alpha value is -2.95. The average Bonchev–Trinajstić information content (AvgIpc) is 3.01. The second kappa shape index (κ2) is 6.89. The fourth-order valence-corrected chi connectivity index (χ4v) is 2.49. The van der Waals surface area contributed by atoms with Gasteiger partial charge in [0.1, 0.15) is 22.9 Å². The summed E-state index contributed by atoms with van der Waals surface area (Å²) in [5, 5.41) is 9.97. The van der Waals surface area contributed by atoms with Crippen molar-refractivity contribution in [1.82, 2.24) is 4.98 Å². The van der Waals surface area contributed by atoms with Crippen LogP contribution >= 0.6 is 0 Å². The first kappa shape index (κ1) is 16.9. The minimum atomic E-state index is -1.01. The monoisotopic (exact) mass is 339 g/mol. The van der Waals surface area contributed by atoms with Crippen LogP contribution in [0.3, 0.4) is 0 Å². The molecule has 0 saturated carbocycles. The molecule has 1 aromatic heterocycles. The standard InChI is InChI=1S/C20H21NO4/c1-4-13(3)24-18-11-16(25-15-7-5-12(2)6-8-15)9-14-10-17(20(22)23)21-19(14)18/h5-11,13,21H,4H2,1-3H3,(H,22,23). The van der Waals surface area contributed by atoms with Crippen LogP contribution in [-0.2, 0) is 0 Å². The van der Waals surface area contributed by atoms with E-state index in [1.807, 2.05) is 51.1 Å². The fraction of sp³-hybridized carbons (Fsp3) is 0.250. The summed E-state index contributed by atoms with van der Waals surface area (Å²) in [5.41, 5.74) is 1.94. The molecule has 5 nitrogen and oxygen atoms in total. The molecule has 2 N–H and O–H groups in total. The van der Waals surface area contributed by atoms with Crippen molar-refractivity contribution in [3.8, 4) is 17.2 Å². The van der Waals surface area contributed by atoms with Crippen LogP contribution in [0.4, 0.5) is 0 Å². The Morgan fingerprint density at radius 1 is 1.16 bits per heavy atom. The van der Waals surface area contributed by atoms with Gasteiger partial charge >= 0.3 is 5.97 Å². The van der Waals surface area contributed by atoms with Gasteiger partial charge < -0.3 is 19.6 Å². The van der Waals surface area contributed by atoms with Gasteiger partial charge in [0, 0.05) is 11.5 Å². The summed E-state index contributed by atoms with van der Waals surface area (Å²) in [6.45, 7) is 6.02. The number of H-pyrrole nitrogens is 1. The maximum absolute atomic E-state index is 11.3. The molecule has 1 unspecified atom stereocenters. The Kier molecular flexibility index (Phi) is 4.65. The van der Waals surface area contributed by atoms with Gasteiger partial charge in [-0.2, -0.15) is 0 Å². The second-order valence-corrected chi connectivity index (χ2v) is 6.13. The summed E-state index contributed by atoms with van der Waals surface area (Å²) in [6.07, 6.45) is 0.853. The lowest BCUT2D eigenvalue weighted by molar-refractivity contribution is 0.0691. The lowest BCUT2D eigenvalue weighted by Crippen LogP contribution is -2.10. The van der Waals surface area contributed by atoms with E-state index in [1.54, 1.807) is 12.1 Å². The predicted octanol–water partition coefficient (Wildman–Crippen LogP) is 5.14. The van der Waals surface area contributed by atoms with Gasteiger partial charge in [0.15, 0.2) is 0 Å². The number of aryl methyl sites for hydroxylation is 1. The quantitative estimate of drug-likeness (QED) is 0.652. The van der Waals surface area contributed by atoms with E-state index in [2.05, 4.69) is 4.98 Å². The van der Waals surface area contributed by atoms with Crippen molar-refractivity contribution in [3.63, 3.8) is 0 Å². The summed E-state index contributed by atoms with van der Waals surface area (Å²) < 4.78 is 11.9. The highest BCUT2D eigenvalue weighted by Gasteiger charge is 2.15. The summed E-state index contributed by atoms with van der Waals surface area (Å²) in [6, 6.07) is 12.9. The van der Waals surface area contributed by atoms with E-state index in [0.717, 1.165) is 17.4 Å². The number of aromatic amines is 1. The third-order valence-corrected chi connectivity index (χ3v) is 4.06. The SMILES string of the molecule is CCC(C)Oc1cc(Oc2ccc(C)cc2)cc2cc(C(=O)O)[nH]c12. The first-order chi connectivity index (χ1) is 12.0. The van der Waals surface area contributed by atoms with Crippen molar-refractivity contribution in [2.24, 2.45) is 0 Å².